The summed E-state index contributed by atoms with van der Waals surface area (Å²) in [5.41, 5.74) is 0.410. The number of aromatic nitrogens is 1. The third-order valence-corrected chi connectivity index (χ3v) is 2.20. The highest BCUT2D eigenvalue weighted by molar-refractivity contribution is 7.85. The Morgan fingerprint density at radius 1 is 1.38 bits per heavy atom. The minimum absolute atomic E-state index is 0.410. The van der Waals surface area contributed by atoms with E-state index in [0.717, 1.165) is 0 Å². The molecule has 13 heavy (non-hydrogen) atoms. The standard InChI is InChI=1S/C7H9NO4S/c9-7(5-13(10,11)12)6-1-3-8-4-2-6/h1-4,7,9H,5H2,(H,10,11,12). The minimum Gasteiger partial charge on any atom is -0.387 e. The van der Waals surface area contributed by atoms with Crippen LogP contribution < -0.4 is 0 Å². The van der Waals surface area contributed by atoms with E-state index in [9.17, 15) is 13.5 Å². The van der Waals surface area contributed by atoms with Crippen molar-refractivity contribution in [3.63, 3.8) is 0 Å². The number of hydrogen-bond donors (Lipinski definition) is 2. The second-order valence-electron chi connectivity index (χ2n) is 2.54. The Labute approximate surface area is 75.8 Å². The molecule has 1 atom stereocenters. The van der Waals surface area contributed by atoms with Gasteiger partial charge in [0.2, 0.25) is 0 Å². The lowest BCUT2D eigenvalue weighted by Gasteiger charge is -2.07. The molecule has 0 radical (unpaired) electrons. The summed E-state index contributed by atoms with van der Waals surface area (Å²) in [6.07, 6.45) is 1.66. The maximum atomic E-state index is 10.4. The van der Waals surface area contributed by atoms with Gasteiger partial charge in [0.15, 0.2) is 0 Å². The van der Waals surface area contributed by atoms with E-state index in [2.05, 4.69) is 4.98 Å². The van der Waals surface area contributed by atoms with Gasteiger partial charge in [0.25, 0.3) is 10.1 Å². The van der Waals surface area contributed by atoms with E-state index in [4.69, 9.17) is 4.55 Å². The van der Waals surface area contributed by atoms with E-state index in [-0.39, 0.29) is 0 Å². The van der Waals surface area contributed by atoms with Gasteiger partial charge in [-0.3, -0.25) is 9.54 Å². The summed E-state index contributed by atoms with van der Waals surface area (Å²) >= 11 is 0. The molecule has 6 heteroatoms. The summed E-state index contributed by atoms with van der Waals surface area (Å²) in [6, 6.07) is 2.96. The molecule has 2 N–H and O–H groups in total. The number of aliphatic hydroxyl groups is 1. The number of hydrogen-bond acceptors (Lipinski definition) is 4. The molecule has 0 saturated heterocycles. The molecule has 0 saturated carbocycles. The topological polar surface area (TPSA) is 87.5 Å². The second kappa shape index (κ2) is 3.82. The van der Waals surface area contributed by atoms with Crippen LogP contribution in [0.5, 0.6) is 0 Å². The summed E-state index contributed by atoms with van der Waals surface area (Å²) in [5.74, 6) is -0.697. The molecule has 0 amide bonds. The van der Waals surface area contributed by atoms with Crippen LogP contribution in [0, 0.1) is 0 Å². The Morgan fingerprint density at radius 2 is 1.92 bits per heavy atom. The van der Waals surface area contributed by atoms with Gasteiger partial charge in [-0.15, -0.1) is 0 Å². The molecule has 0 aromatic carbocycles. The summed E-state index contributed by atoms with van der Waals surface area (Å²) < 4.78 is 29.2. The smallest absolute Gasteiger partial charge is 0.267 e. The first kappa shape index (κ1) is 10.1. The zero-order chi connectivity index (χ0) is 9.90. The van der Waals surface area contributed by atoms with Gasteiger partial charge in [-0.1, -0.05) is 0 Å². The Kier molecular flexibility index (Phi) is 2.97. The summed E-state index contributed by atoms with van der Waals surface area (Å²) in [4.78, 5) is 3.70. The number of rotatable bonds is 3. The summed E-state index contributed by atoms with van der Waals surface area (Å²) in [6.45, 7) is 0. The fourth-order valence-corrected chi connectivity index (χ4v) is 1.47. The molecule has 1 aromatic heterocycles. The van der Waals surface area contributed by atoms with Crippen LogP contribution in [0.2, 0.25) is 0 Å². The van der Waals surface area contributed by atoms with E-state index >= 15 is 0 Å². The first-order valence-corrected chi connectivity index (χ1v) is 5.13. The van der Waals surface area contributed by atoms with Gasteiger partial charge in [0.1, 0.15) is 5.75 Å². The second-order valence-corrected chi connectivity index (χ2v) is 4.04. The first-order chi connectivity index (χ1) is 5.99. The summed E-state index contributed by atoms with van der Waals surface area (Å²) in [5, 5.41) is 9.29. The summed E-state index contributed by atoms with van der Waals surface area (Å²) in [7, 11) is -4.14. The molecule has 1 unspecified atom stereocenters. The fourth-order valence-electron chi connectivity index (χ4n) is 0.881. The van der Waals surface area contributed by atoms with Crippen LogP contribution in [0.1, 0.15) is 11.7 Å². The molecule has 1 heterocycles. The van der Waals surface area contributed by atoms with E-state index in [1.807, 2.05) is 0 Å². The van der Waals surface area contributed by atoms with Crippen LogP contribution in [-0.2, 0) is 10.1 Å². The zero-order valence-electron chi connectivity index (χ0n) is 6.66. The predicted molar refractivity (Wildman–Crippen MR) is 45.6 cm³/mol. The molecule has 72 valence electrons. The van der Waals surface area contributed by atoms with Gasteiger partial charge in [-0.2, -0.15) is 8.42 Å². The highest BCUT2D eigenvalue weighted by Crippen LogP contribution is 2.12. The van der Waals surface area contributed by atoms with Crippen molar-refractivity contribution in [2.45, 2.75) is 6.10 Å². The average Bonchev–Trinajstić information content (AvgIpc) is 2.03. The van der Waals surface area contributed by atoms with Crippen LogP contribution in [-0.4, -0.2) is 28.8 Å². The monoisotopic (exact) mass is 203 g/mol. The molecule has 5 nitrogen and oxygen atoms in total. The lowest BCUT2D eigenvalue weighted by molar-refractivity contribution is 0.199. The van der Waals surface area contributed by atoms with Gasteiger partial charge >= 0.3 is 0 Å². The molecular weight excluding hydrogens is 194 g/mol. The van der Waals surface area contributed by atoms with E-state index < -0.39 is 22.0 Å². The van der Waals surface area contributed by atoms with Crippen molar-refractivity contribution < 1.29 is 18.1 Å². The SMILES string of the molecule is O=S(=O)(O)CC(O)c1ccncc1. The zero-order valence-corrected chi connectivity index (χ0v) is 7.48. The molecule has 1 rings (SSSR count). The van der Waals surface area contributed by atoms with Crippen molar-refractivity contribution in [3.8, 4) is 0 Å². The Balaban J connectivity index is 2.76. The first-order valence-electron chi connectivity index (χ1n) is 3.52. The maximum Gasteiger partial charge on any atom is 0.267 e. The highest BCUT2D eigenvalue weighted by atomic mass is 32.2. The Hall–Kier alpha value is -0.980. The predicted octanol–water partition coefficient (Wildman–Crippen LogP) is 0.00280. The molecule has 0 spiro atoms. The Morgan fingerprint density at radius 3 is 2.38 bits per heavy atom. The molecular formula is C7H9NO4S. The van der Waals surface area contributed by atoms with Gasteiger partial charge in [0, 0.05) is 12.4 Å². The molecule has 0 bridgehead atoms. The fraction of sp³-hybridized carbons (Fsp3) is 0.286. The largest absolute Gasteiger partial charge is 0.387 e. The number of aliphatic hydroxyl groups excluding tert-OH is 1. The molecule has 0 aliphatic heterocycles. The lowest BCUT2D eigenvalue weighted by Crippen LogP contribution is -2.13. The van der Waals surface area contributed by atoms with E-state index in [0.29, 0.717) is 5.56 Å². The maximum absolute atomic E-state index is 10.4. The third kappa shape index (κ3) is 3.49. The van der Waals surface area contributed by atoms with Crippen molar-refractivity contribution in [2.75, 3.05) is 5.75 Å². The van der Waals surface area contributed by atoms with Crippen molar-refractivity contribution in [1.82, 2.24) is 4.98 Å². The van der Waals surface area contributed by atoms with E-state index in [1.165, 1.54) is 24.5 Å². The van der Waals surface area contributed by atoms with Gasteiger partial charge in [-0.05, 0) is 17.7 Å². The molecule has 1 aromatic rings. The van der Waals surface area contributed by atoms with Crippen molar-refractivity contribution >= 4 is 10.1 Å². The van der Waals surface area contributed by atoms with Crippen molar-refractivity contribution in [1.29, 1.82) is 0 Å². The van der Waals surface area contributed by atoms with Crippen LogP contribution in [0.4, 0.5) is 0 Å². The quantitative estimate of drug-likeness (QED) is 0.675. The molecule has 0 aliphatic rings. The van der Waals surface area contributed by atoms with Gasteiger partial charge in [0.05, 0.1) is 6.10 Å². The Bertz CT molecular complexity index is 361. The molecule has 0 aliphatic carbocycles. The normalized spacial score (nSPS) is 14.0. The van der Waals surface area contributed by atoms with Gasteiger partial charge < -0.3 is 5.11 Å². The minimum atomic E-state index is -4.14. The highest BCUT2D eigenvalue weighted by Gasteiger charge is 2.15. The number of pyridine rings is 1. The number of nitrogens with zero attached hydrogens (tertiary/aromatic N) is 1. The van der Waals surface area contributed by atoms with Crippen LogP contribution in [0.15, 0.2) is 24.5 Å². The van der Waals surface area contributed by atoms with Gasteiger partial charge in [-0.25, -0.2) is 0 Å². The third-order valence-electron chi connectivity index (χ3n) is 1.46. The van der Waals surface area contributed by atoms with E-state index in [1.54, 1.807) is 0 Å². The van der Waals surface area contributed by atoms with Crippen molar-refractivity contribution in [2.24, 2.45) is 0 Å². The van der Waals surface area contributed by atoms with Crippen LogP contribution >= 0.6 is 0 Å². The average molecular weight is 203 g/mol. The lowest BCUT2D eigenvalue weighted by atomic mass is 10.2. The van der Waals surface area contributed by atoms with Crippen LogP contribution in [0.25, 0.3) is 0 Å². The van der Waals surface area contributed by atoms with Crippen LogP contribution in [0.3, 0.4) is 0 Å². The molecule has 0 fully saturated rings. The van der Waals surface area contributed by atoms with Crippen molar-refractivity contribution in [3.05, 3.63) is 30.1 Å².